The molecule has 0 saturated carbocycles. The summed E-state index contributed by atoms with van der Waals surface area (Å²) in [5.74, 6) is 1.97. The number of methoxy groups -OCH3 is 1. The molecule has 23 heavy (non-hydrogen) atoms. The summed E-state index contributed by atoms with van der Waals surface area (Å²) in [6.07, 6.45) is 0. The van der Waals surface area contributed by atoms with Crippen LogP contribution in [0.25, 0.3) is 22.8 Å². The van der Waals surface area contributed by atoms with Crippen LogP contribution >= 0.6 is 0 Å². The van der Waals surface area contributed by atoms with Crippen molar-refractivity contribution in [3.8, 4) is 22.8 Å². The van der Waals surface area contributed by atoms with Gasteiger partial charge in [-0.25, -0.2) is 15.0 Å². The van der Waals surface area contributed by atoms with Crippen LogP contribution in [-0.4, -0.2) is 22.1 Å². The van der Waals surface area contributed by atoms with Gasteiger partial charge in [0.25, 0.3) is 0 Å². The van der Waals surface area contributed by atoms with E-state index in [1.165, 1.54) is 11.1 Å². The first-order valence-electron chi connectivity index (χ1n) is 7.53. The molecule has 0 radical (unpaired) electrons. The number of hydrogen-bond acceptors (Lipinski definition) is 4. The molecule has 0 spiro atoms. The number of ether oxygens (including phenoxy) is 1. The number of aryl methyl sites for hydroxylation is 2. The minimum atomic E-state index is 0.361. The van der Waals surface area contributed by atoms with E-state index in [-0.39, 0.29) is 0 Å². The van der Waals surface area contributed by atoms with E-state index in [1.54, 1.807) is 7.11 Å². The van der Waals surface area contributed by atoms with Crippen LogP contribution < -0.4 is 0 Å². The maximum absolute atomic E-state index is 5.20. The summed E-state index contributed by atoms with van der Waals surface area (Å²) in [7, 11) is 1.64. The van der Waals surface area contributed by atoms with Gasteiger partial charge in [0.2, 0.25) is 0 Å². The third-order valence-electron chi connectivity index (χ3n) is 3.57. The quantitative estimate of drug-likeness (QED) is 0.732. The van der Waals surface area contributed by atoms with E-state index in [2.05, 4.69) is 53.1 Å². The van der Waals surface area contributed by atoms with Crippen molar-refractivity contribution in [2.24, 2.45) is 0 Å². The zero-order valence-electron chi connectivity index (χ0n) is 13.6. The van der Waals surface area contributed by atoms with Crippen LogP contribution in [0.2, 0.25) is 0 Å². The Labute approximate surface area is 136 Å². The van der Waals surface area contributed by atoms with Crippen molar-refractivity contribution in [1.29, 1.82) is 0 Å². The molecule has 1 heterocycles. The van der Waals surface area contributed by atoms with Gasteiger partial charge in [-0.1, -0.05) is 59.7 Å². The average Bonchev–Trinajstić information content (AvgIpc) is 2.56. The molecule has 3 rings (SSSR count). The lowest BCUT2D eigenvalue weighted by Crippen LogP contribution is -2.04. The summed E-state index contributed by atoms with van der Waals surface area (Å²) in [5, 5.41) is 0. The van der Waals surface area contributed by atoms with Crippen molar-refractivity contribution in [2.45, 2.75) is 20.5 Å². The highest BCUT2D eigenvalue weighted by Gasteiger charge is 2.10. The minimum absolute atomic E-state index is 0.361. The van der Waals surface area contributed by atoms with E-state index in [0.717, 1.165) is 11.1 Å². The van der Waals surface area contributed by atoms with E-state index in [4.69, 9.17) is 4.74 Å². The van der Waals surface area contributed by atoms with Crippen molar-refractivity contribution in [3.05, 3.63) is 65.5 Å². The van der Waals surface area contributed by atoms with Crippen molar-refractivity contribution >= 4 is 0 Å². The molecule has 4 nitrogen and oxygen atoms in total. The molecule has 0 aliphatic heterocycles. The molecule has 0 N–H and O–H groups in total. The average molecular weight is 305 g/mol. The first-order chi connectivity index (χ1) is 11.2. The van der Waals surface area contributed by atoms with Crippen molar-refractivity contribution in [2.75, 3.05) is 7.11 Å². The summed E-state index contributed by atoms with van der Waals surface area (Å²) in [6.45, 7) is 4.48. The molecular weight excluding hydrogens is 286 g/mol. The molecule has 0 aliphatic carbocycles. The lowest BCUT2D eigenvalue weighted by molar-refractivity contribution is 0.177. The van der Waals surface area contributed by atoms with Gasteiger partial charge in [-0.15, -0.1) is 0 Å². The van der Waals surface area contributed by atoms with Crippen molar-refractivity contribution < 1.29 is 4.74 Å². The topological polar surface area (TPSA) is 47.9 Å². The van der Waals surface area contributed by atoms with Crippen LogP contribution in [0.4, 0.5) is 0 Å². The zero-order chi connectivity index (χ0) is 16.2. The zero-order valence-corrected chi connectivity index (χ0v) is 13.6. The van der Waals surface area contributed by atoms with Gasteiger partial charge in [0, 0.05) is 18.2 Å². The van der Waals surface area contributed by atoms with Crippen LogP contribution in [0.5, 0.6) is 0 Å². The van der Waals surface area contributed by atoms with Gasteiger partial charge in [0.1, 0.15) is 6.61 Å². The van der Waals surface area contributed by atoms with E-state index >= 15 is 0 Å². The molecule has 0 amide bonds. The molecule has 0 atom stereocenters. The molecular formula is C19H19N3O. The molecule has 3 aromatic rings. The van der Waals surface area contributed by atoms with Gasteiger partial charge < -0.3 is 4.74 Å². The first kappa shape index (κ1) is 15.3. The Hall–Kier alpha value is -2.59. The lowest BCUT2D eigenvalue weighted by atomic mass is 10.1. The van der Waals surface area contributed by atoms with Crippen molar-refractivity contribution in [1.82, 2.24) is 15.0 Å². The molecule has 0 unspecified atom stereocenters. The molecule has 0 aliphatic rings. The minimum Gasteiger partial charge on any atom is -0.377 e. The number of nitrogens with zero attached hydrogens (tertiary/aromatic N) is 3. The number of hydrogen-bond donors (Lipinski definition) is 0. The van der Waals surface area contributed by atoms with Gasteiger partial charge in [-0.05, 0) is 13.8 Å². The Bertz CT molecular complexity index is 732. The van der Waals surface area contributed by atoms with Gasteiger partial charge in [-0.2, -0.15) is 0 Å². The Balaban J connectivity index is 2.09. The van der Waals surface area contributed by atoms with E-state index < -0.39 is 0 Å². The normalized spacial score (nSPS) is 10.7. The monoisotopic (exact) mass is 305 g/mol. The largest absolute Gasteiger partial charge is 0.377 e. The second kappa shape index (κ2) is 6.67. The predicted molar refractivity (Wildman–Crippen MR) is 90.9 cm³/mol. The van der Waals surface area contributed by atoms with Crippen LogP contribution in [0.1, 0.15) is 17.0 Å². The summed E-state index contributed by atoms with van der Waals surface area (Å²) >= 11 is 0. The fourth-order valence-electron chi connectivity index (χ4n) is 2.28. The van der Waals surface area contributed by atoms with Gasteiger partial charge >= 0.3 is 0 Å². The predicted octanol–water partition coefficient (Wildman–Crippen LogP) is 3.97. The molecule has 0 saturated heterocycles. The maximum Gasteiger partial charge on any atom is 0.163 e. The summed E-state index contributed by atoms with van der Waals surface area (Å²) in [5.41, 5.74) is 4.37. The van der Waals surface area contributed by atoms with Gasteiger partial charge in [-0.3, -0.25) is 0 Å². The Morgan fingerprint density at radius 3 is 1.52 bits per heavy atom. The number of benzene rings is 2. The molecule has 116 valence electrons. The summed E-state index contributed by atoms with van der Waals surface area (Å²) in [6, 6.07) is 16.3. The van der Waals surface area contributed by atoms with E-state index in [9.17, 15) is 0 Å². The fourth-order valence-corrected chi connectivity index (χ4v) is 2.28. The van der Waals surface area contributed by atoms with Crippen LogP contribution in [0.3, 0.4) is 0 Å². The van der Waals surface area contributed by atoms with Crippen molar-refractivity contribution in [3.63, 3.8) is 0 Å². The van der Waals surface area contributed by atoms with Crippen LogP contribution in [0, 0.1) is 13.8 Å². The standard InChI is InChI=1S/C19H19N3O/c1-13-4-8-15(9-5-13)18-20-17(12-23-3)21-19(22-18)16-10-6-14(2)7-11-16/h4-11H,12H2,1-3H3. The van der Waals surface area contributed by atoms with E-state index in [1.807, 2.05) is 24.3 Å². The van der Waals surface area contributed by atoms with Crippen LogP contribution in [0.15, 0.2) is 48.5 Å². The maximum atomic E-state index is 5.20. The summed E-state index contributed by atoms with van der Waals surface area (Å²) < 4.78 is 5.20. The third-order valence-corrected chi connectivity index (χ3v) is 3.57. The molecule has 4 heteroatoms. The molecule has 1 aromatic heterocycles. The molecule has 0 bridgehead atoms. The molecule has 2 aromatic carbocycles. The first-order valence-corrected chi connectivity index (χ1v) is 7.53. The Morgan fingerprint density at radius 2 is 1.13 bits per heavy atom. The Kier molecular flexibility index (Phi) is 4.44. The second-order valence-corrected chi connectivity index (χ2v) is 5.56. The SMILES string of the molecule is COCc1nc(-c2ccc(C)cc2)nc(-c2ccc(C)cc2)n1. The lowest BCUT2D eigenvalue weighted by Gasteiger charge is -2.08. The fraction of sp³-hybridized carbons (Fsp3) is 0.211. The number of aromatic nitrogens is 3. The number of rotatable bonds is 4. The third kappa shape index (κ3) is 3.60. The van der Waals surface area contributed by atoms with E-state index in [0.29, 0.717) is 24.1 Å². The van der Waals surface area contributed by atoms with Crippen LogP contribution in [-0.2, 0) is 11.3 Å². The van der Waals surface area contributed by atoms with Gasteiger partial charge in [0.15, 0.2) is 17.5 Å². The second-order valence-electron chi connectivity index (χ2n) is 5.56. The highest BCUT2D eigenvalue weighted by molar-refractivity contribution is 5.61. The highest BCUT2D eigenvalue weighted by atomic mass is 16.5. The smallest absolute Gasteiger partial charge is 0.163 e. The molecule has 0 fully saturated rings. The Morgan fingerprint density at radius 1 is 0.696 bits per heavy atom. The summed E-state index contributed by atoms with van der Waals surface area (Å²) in [4.78, 5) is 13.7. The van der Waals surface area contributed by atoms with Gasteiger partial charge in [0.05, 0.1) is 0 Å². The highest BCUT2D eigenvalue weighted by Crippen LogP contribution is 2.21.